The van der Waals surface area contributed by atoms with Crippen LogP contribution in [0.5, 0.6) is 23.0 Å². The van der Waals surface area contributed by atoms with Crippen LogP contribution in [0.3, 0.4) is 0 Å². The van der Waals surface area contributed by atoms with Crippen molar-refractivity contribution in [2.75, 3.05) is 19.7 Å². The normalized spacial score (nSPS) is 16.1. The number of nitrogens with one attached hydrogen (secondary N) is 2. The largest absolute Gasteiger partial charge is 0.456 e. The first-order chi connectivity index (χ1) is 28.8. The van der Waals surface area contributed by atoms with E-state index in [-0.39, 0.29) is 71.0 Å². The Labute approximate surface area is 342 Å². The molecule has 5 aromatic carbocycles. The summed E-state index contributed by atoms with van der Waals surface area (Å²) in [6.07, 6.45) is 2.30. The van der Waals surface area contributed by atoms with Crippen LogP contribution >= 0.6 is 0 Å². The maximum absolute atomic E-state index is 15.5. The summed E-state index contributed by atoms with van der Waals surface area (Å²) < 4.78 is 59.3. The second kappa shape index (κ2) is 15.9. The number of amides is 2. The SMILES string of the molecule is CC(=O)Oc1cc2c(cc1F)C1(OC(=O)c3ccc(C(=O)NCCNC(=O)COC4Cc5ccccc5/C(C)=C\c5ccccc54)cc31)c1cc(F)c(OC(C)=O)cc1O2. The number of rotatable bonds is 9. The fraction of sp³-hybridized carbons (Fsp3) is 0.196. The van der Waals surface area contributed by atoms with Crippen LogP contribution in [0.25, 0.3) is 11.6 Å². The number of carbonyl (C=O) groups excluding carboxylic acids is 5. The maximum atomic E-state index is 15.5. The monoisotopic (exact) mass is 814 g/mol. The second-order valence-corrected chi connectivity index (χ2v) is 14.4. The molecule has 5 aromatic rings. The Balaban J connectivity index is 0.998. The van der Waals surface area contributed by atoms with Crippen molar-refractivity contribution in [3.8, 4) is 23.0 Å². The summed E-state index contributed by atoms with van der Waals surface area (Å²) in [4.78, 5) is 63.5. The highest BCUT2D eigenvalue weighted by Gasteiger charge is 2.55. The minimum atomic E-state index is -2.07. The van der Waals surface area contributed by atoms with Crippen molar-refractivity contribution in [3.63, 3.8) is 0 Å². The lowest BCUT2D eigenvalue weighted by atomic mass is 9.77. The highest BCUT2D eigenvalue weighted by molar-refractivity contribution is 6.00. The van der Waals surface area contributed by atoms with E-state index in [2.05, 4.69) is 35.8 Å². The molecule has 0 aromatic heterocycles. The van der Waals surface area contributed by atoms with E-state index in [4.69, 9.17) is 23.7 Å². The Morgan fingerprint density at radius 2 is 1.40 bits per heavy atom. The van der Waals surface area contributed by atoms with E-state index >= 15 is 8.78 Å². The molecule has 2 amide bonds. The average Bonchev–Trinajstić information content (AvgIpc) is 3.50. The van der Waals surface area contributed by atoms with Crippen LogP contribution in [0.4, 0.5) is 8.78 Å². The molecule has 8 rings (SSSR count). The number of hydrogen-bond donors (Lipinski definition) is 2. The molecule has 0 saturated carbocycles. The lowest BCUT2D eigenvalue weighted by Crippen LogP contribution is -2.37. The number of hydrogen-bond acceptors (Lipinski definition) is 10. The van der Waals surface area contributed by atoms with E-state index in [1.54, 1.807) is 0 Å². The number of esters is 3. The van der Waals surface area contributed by atoms with E-state index in [1.807, 2.05) is 36.4 Å². The number of allylic oxidation sites excluding steroid dienone is 1. The van der Waals surface area contributed by atoms with Gasteiger partial charge in [-0.1, -0.05) is 54.6 Å². The standard InChI is InChI=1S/C46H36F2N2O10/c1-24-16-27-8-5-7-11-31(27)38(18-28-9-4-6-10-30(24)28)56-23-43(53)49-14-15-50-44(54)29-12-13-32-33(17-29)46(60-45(32)55)34-19-36(47)41(57-25(2)51)21-39(34)59-40-22-42(58-26(3)52)37(48)20-35(40)46/h4-13,16-17,19-22,38H,14-15,18,23H2,1-3H3,(H,49,53)(H,50,54)/b24-16-. The summed E-state index contributed by atoms with van der Waals surface area (Å²) >= 11 is 0. The fourth-order valence-corrected chi connectivity index (χ4v) is 7.82. The third kappa shape index (κ3) is 7.37. The van der Waals surface area contributed by atoms with Gasteiger partial charge in [0.2, 0.25) is 5.91 Å². The van der Waals surface area contributed by atoms with Crippen molar-refractivity contribution in [2.24, 2.45) is 0 Å². The Morgan fingerprint density at radius 1 is 0.767 bits per heavy atom. The Morgan fingerprint density at radius 3 is 2.08 bits per heavy atom. The van der Waals surface area contributed by atoms with Gasteiger partial charge in [-0.3, -0.25) is 19.2 Å². The summed E-state index contributed by atoms with van der Waals surface area (Å²) in [6, 6.07) is 24.1. The van der Waals surface area contributed by atoms with Gasteiger partial charge < -0.3 is 34.3 Å². The third-order valence-electron chi connectivity index (χ3n) is 10.4. The maximum Gasteiger partial charge on any atom is 0.340 e. The van der Waals surface area contributed by atoms with Crippen molar-refractivity contribution in [1.29, 1.82) is 0 Å². The Bertz CT molecular complexity index is 2600. The van der Waals surface area contributed by atoms with Crippen molar-refractivity contribution in [2.45, 2.75) is 38.9 Å². The van der Waals surface area contributed by atoms with Crippen LogP contribution in [0.1, 0.15) is 86.5 Å². The van der Waals surface area contributed by atoms with Gasteiger partial charge in [-0.05, 0) is 65.1 Å². The first-order valence-corrected chi connectivity index (χ1v) is 18.9. The zero-order valence-electron chi connectivity index (χ0n) is 32.5. The zero-order valence-corrected chi connectivity index (χ0v) is 32.5. The lowest BCUT2D eigenvalue weighted by Gasteiger charge is -2.37. The molecule has 1 atom stereocenters. The number of benzene rings is 5. The van der Waals surface area contributed by atoms with E-state index < -0.39 is 52.5 Å². The van der Waals surface area contributed by atoms with Crippen molar-refractivity contribution >= 4 is 41.4 Å². The zero-order chi connectivity index (χ0) is 42.3. The Hall–Kier alpha value is -7.19. The second-order valence-electron chi connectivity index (χ2n) is 14.4. The molecular formula is C46H36F2N2O10. The number of halogens is 2. The third-order valence-corrected chi connectivity index (χ3v) is 10.4. The van der Waals surface area contributed by atoms with Gasteiger partial charge in [0.05, 0.1) is 22.8 Å². The van der Waals surface area contributed by atoms with Crippen LogP contribution in [0.15, 0.2) is 91.0 Å². The first kappa shape index (κ1) is 39.6. The van der Waals surface area contributed by atoms with E-state index in [0.717, 1.165) is 65.9 Å². The van der Waals surface area contributed by atoms with Gasteiger partial charge >= 0.3 is 17.9 Å². The summed E-state index contributed by atoms with van der Waals surface area (Å²) in [7, 11) is 0. The highest BCUT2D eigenvalue weighted by atomic mass is 19.1. The fourth-order valence-electron chi connectivity index (χ4n) is 7.82. The van der Waals surface area contributed by atoms with Crippen molar-refractivity contribution < 1.29 is 56.4 Å². The van der Waals surface area contributed by atoms with E-state index in [9.17, 15) is 24.0 Å². The molecule has 1 spiro atoms. The molecular weight excluding hydrogens is 779 g/mol. The average molecular weight is 815 g/mol. The van der Waals surface area contributed by atoms with Crippen molar-refractivity contribution in [3.05, 3.63) is 153 Å². The van der Waals surface area contributed by atoms with E-state index in [0.29, 0.717) is 6.42 Å². The molecule has 2 heterocycles. The number of ether oxygens (including phenoxy) is 5. The van der Waals surface area contributed by atoms with Gasteiger partial charge in [0, 0.05) is 56.6 Å². The highest BCUT2D eigenvalue weighted by Crippen LogP contribution is 2.58. The van der Waals surface area contributed by atoms with Crippen LogP contribution in [-0.4, -0.2) is 49.4 Å². The molecule has 12 nitrogen and oxygen atoms in total. The molecule has 0 radical (unpaired) electrons. The van der Waals surface area contributed by atoms with Gasteiger partial charge in [-0.15, -0.1) is 0 Å². The molecule has 2 aliphatic heterocycles. The van der Waals surface area contributed by atoms with Crippen molar-refractivity contribution in [1.82, 2.24) is 10.6 Å². The molecule has 304 valence electrons. The van der Waals surface area contributed by atoms with Gasteiger partial charge in [0.25, 0.3) is 5.91 Å². The van der Waals surface area contributed by atoms with Crippen LogP contribution in [0, 0.1) is 11.6 Å². The number of fused-ring (bicyclic) bond motifs is 8. The minimum absolute atomic E-state index is 0.00638. The summed E-state index contributed by atoms with van der Waals surface area (Å²) in [5.41, 5.74) is 3.17. The molecule has 0 saturated heterocycles. The summed E-state index contributed by atoms with van der Waals surface area (Å²) in [5, 5.41) is 5.50. The minimum Gasteiger partial charge on any atom is -0.456 e. The smallest absolute Gasteiger partial charge is 0.340 e. The molecule has 3 aliphatic rings. The van der Waals surface area contributed by atoms with Crippen LogP contribution in [0.2, 0.25) is 0 Å². The predicted octanol–water partition coefficient (Wildman–Crippen LogP) is 7.10. The van der Waals surface area contributed by atoms with Gasteiger partial charge in [0.1, 0.15) is 18.1 Å². The summed E-state index contributed by atoms with van der Waals surface area (Å²) in [6.45, 7) is 4.07. The quantitative estimate of drug-likeness (QED) is 0.0894. The number of carbonyl (C=O) groups is 5. The molecule has 60 heavy (non-hydrogen) atoms. The van der Waals surface area contributed by atoms with Gasteiger partial charge in [0.15, 0.2) is 28.7 Å². The topological polar surface area (TPSA) is 156 Å². The van der Waals surface area contributed by atoms with Gasteiger partial charge in [-0.25, -0.2) is 13.6 Å². The predicted molar refractivity (Wildman–Crippen MR) is 211 cm³/mol. The Kier molecular flexibility index (Phi) is 10.5. The van der Waals surface area contributed by atoms with Gasteiger partial charge in [-0.2, -0.15) is 0 Å². The van der Waals surface area contributed by atoms with E-state index in [1.165, 1.54) is 18.2 Å². The van der Waals surface area contributed by atoms with Crippen LogP contribution in [-0.2, 0) is 35.9 Å². The molecule has 2 N–H and O–H groups in total. The molecule has 1 aliphatic carbocycles. The molecule has 0 fully saturated rings. The molecule has 0 bridgehead atoms. The first-order valence-electron chi connectivity index (χ1n) is 18.9. The van der Waals surface area contributed by atoms with Crippen LogP contribution < -0.4 is 24.8 Å². The molecule has 1 unspecified atom stereocenters. The summed E-state index contributed by atoms with van der Waals surface area (Å²) in [5.74, 6) is -6.80. The lowest BCUT2D eigenvalue weighted by molar-refractivity contribution is -0.133. The molecule has 14 heteroatoms.